The predicted molar refractivity (Wildman–Crippen MR) is 67.1 cm³/mol. The fraction of sp³-hybridized carbons (Fsp3) is 0.500. The van der Waals surface area contributed by atoms with E-state index in [1.807, 2.05) is 19.1 Å². The second kappa shape index (κ2) is 6.52. The Morgan fingerprint density at radius 3 is 3.00 bits per heavy atom. The Morgan fingerprint density at radius 2 is 2.28 bits per heavy atom. The number of rotatable bonds is 6. The first-order valence-electron chi connectivity index (χ1n) is 6.25. The van der Waals surface area contributed by atoms with Crippen LogP contribution in [0.5, 0.6) is 5.75 Å². The van der Waals surface area contributed by atoms with Crippen LogP contribution in [0.4, 0.5) is 0 Å². The van der Waals surface area contributed by atoms with Crippen molar-refractivity contribution >= 4 is 5.78 Å². The van der Waals surface area contributed by atoms with Gasteiger partial charge in [-0.05, 0) is 25.5 Å². The normalized spacial score (nSPS) is 18.8. The van der Waals surface area contributed by atoms with Crippen molar-refractivity contribution in [2.45, 2.75) is 19.4 Å². The van der Waals surface area contributed by atoms with E-state index in [9.17, 15) is 4.79 Å². The molecule has 1 atom stereocenters. The van der Waals surface area contributed by atoms with Crippen LogP contribution in [-0.2, 0) is 9.47 Å². The van der Waals surface area contributed by atoms with Crippen LogP contribution in [0.2, 0.25) is 0 Å². The molecule has 0 N–H and O–H groups in total. The number of ketones is 1. The van der Waals surface area contributed by atoms with Crippen LogP contribution in [0, 0.1) is 0 Å². The number of carbonyl (C=O) groups excluding carboxylic acids is 1. The van der Waals surface area contributed by atoms with Gasteiger partial charge < -0.3 is 14.2 Å². The number of hydrogen-bond acceptors (Lipinski definition) is 4. The number of hydrogen-bond donors (Lipinski definition) is 0. The standard InChI is InChI=1S/C14H18O4/c1-2-17-14-6-4-3-5-12(14)13(15)10-18-11-7-8-16-9-11/h3-6,11H,2,7-10H2,1H3. The van der Waals surface area contributed by atoms with Crippen molar-refractivity contribution in [3.05, 3.63) is 29.8 Å². The zero-order valence-corrected chi connectivity index (χ0v) is 10.6. The van der Waals surface area contributed by atoms with E-state index < -0.39 is 0 Å². The fourth-order valence-electron chi connectivity index (χ4n) is 1.89. The summed E-state index contributed by atoms with van der Waals surface area (Å²) in [5.74, 6) is 0.572. The summed E-state index contributed by atoms with van der Waals surface area (Å²) >= 11 is 0. The first-order valence-corrected chi connectivity index (χ1v) is 6.25. The first-order chi connectivity index (χ1) is 8.81. The van der Waals surface area contributed by atoms with E-state index in [2.05, 4.69) is 0 Å². The van der Waals surface area contributed by atoms with Crippen molar-refractivity contribution in [3.63, 3.8) is 0 Å². The summed E-state index contributed by atoms with van der Waals surface area (Å²) in [6, 6.07) is 7.25. The van der Waals surface area contributed by atoms with Crippen molar-refractivity contribution in [2.75, 3.05) is 26.4 Å². The predicted octanol–water partition coefficient (Wildman–Crippen LogP) is 2.07. The second-order valence-corrected chi connectivity index (χ2v) is 4.15. The molecule has 1 aromatic carbocycles. The van der Waals surface area contributed by atoms with Gasteiger partial charge in [-0.25, -0.2) is 0 Å². The summed E-state index contributed by atoms with van der Waals surface area (Å²) in [4.78, 5) is 12.1. The van der Waals surface area contributed by atoms with Crippen LogP contribution in [-0.4, -0.2) is 38.3 Å². The Balaban J connectivity index is 1.94. The van der Waals surface area contributed by atoms with Crippen molar-refractivity contribution in [2.24, 2.45) is 0 Å². The van der Waals surface area contributed by atoms with Crippen molar-refractivity contribution in [3.8, 4) is 5.75 Å². The van der Waals surface area contributed by atoms with Crippen molar-refractivity contribution < 1.29 is 19.0 Å². The van der Waals surface area contributed by atoms with Crippen LogP contribution in [0.25, 0.3) is 0 Å². The first kappa shape index (κ1) is 13.1. The zero-order valence-electron chi connectivity index (χ0n) is 10.6. The van der Waals surface area contributed by atoms with E-state index in [0.29, 0.717) is 31.1 Å². The molecule has 0 bridgehead atoms. The molecule has 98 valence electrons. The number of benzene rings is 1. The minimum atomic E-state index is -0.0500. The summed E-state index contributed by atoms with van der Waals surface area (Å²) < 4.78 is 16.1. The van der Waals surface area contributed by atoms with E-state index in [-0.39, 0.29) is 18.5 Å². The van der Waals surface area contributed by atoms with Crippen LogP contribution in [0.3, 0.4) is 0 Å². The maximum Gasteiger partial charge on any atom is 0.192 e. The van der Waals surface area contributed by atoms with E-state index in [4.69, 9.17) is 14.2 Å². The molecule has 0 spiro atoms. The summed E-state index contributed by atoms with van der Waals surface area (Å²) in [6.45, 7) is 3.82. The van der Waals surface area contributed by atoms with Gasteiger partial charge in [0.1, 0.15) is 12.4 Å². The molecule has 0 radical (unpaired) electrons. The van der Waals surface area contributed by atoms with Crippen molar-refractivity contribution in [1.82, 2.24) is 0 Å². The monoisotopic (exact) mass is 250 g/mol. The van der Waals surface area contributed by atoms with Crippen LogP contribution >= 0.6 is 0 Å². The van der Waals surface area contributed by atoms with Gasteiger partial charge in [0.15, 0.2) is 5.78 Å². The minimum absolute atomic E-state index is 0.0493. The summed E-state index contributed by atoms with van der Waals surface area (Å²) in [5.41, 5.74) is 0.582. The van der Waals surface area contributed by atoms with Gasteiger partial charge in [0.25, 0.3) is 0 Å². The molecule has 1 aliphatic rings. The summed E-state index contributed by atoms with van der Waals surface area (Å²) in [6.07, 6.45) is 0.911. The highest BCUT2D eigenvalue weighted by Crippen LogP contribution is 2.19. The molecule has 1 aromatic rings. The third-order valence-electron chi connectivity index (χ3n) is 2.83. The molecule has 1 unspecified atom stereocenters. The van der Waals surface area contributed by atoms with Crippen molar-refractivity contribution in [1.29, 1.82) is 0 Å². The molecule has 1 aliphatic heterocycles. The molecule has 1 fully saturated rings. The van der Waals surface area contributed by atoms with Gasteiger partial charge in [0.05, 0.1) is 24.9 Å². The lowest BCUT2D eigenvalue weighted by Gasteiger charge is -2.11. The van der Waals surface area contributed by atoms with Gasteiger partial charge in [-0.15, -0.1) is 0 Å². The van der Waals surface area contributed by atoms with Gasteiger partial charge in [-0.3, -0.25) is 4.79 Å². The van der Waals surface area contributed by atoms with Gasteiger partial charge in [-0.1, -0.05) is 12.1 Å². The molecule has 0 amide bonds. The lowest BCUT2D eigenvalue weighted by atomic mass is 10.1. The lowest BCUT2D eigenvalue weighted by molar-refractivity contribution is 0.0388. The number of para-hydroxylation sites is 1. The van der Waals surface area contributed by atoms with Gasteiger partial charge >= 0.3 is 0 Å². The molecule has 1 heterocycles. The molecule has 18 heavy (non-hydrogen) atoms. The lowest BCUT2D eigenvalue weighted by Crippen LogP contribution is -2.19. The third kappa shape index (κ3) is 3.31. The summed E-state index contributed by atoms with van der Waals surface area (Å²) in [5, 5.41) is 0. The van der Waals surface area contributed by atoms with Crippen LogP contribution in [0.15, 0.2) is 24.3 Å². The molecule has 1 saturated heterocycles. The molecular weight excluding hydrogens is 232 g/mol. The maximum atomic E-state index is 12.1. The largest absolute Gasteiger partial charge is 0.493 e. The Hall–Kier alpha value is -1.39. The van der Waals surface area contributed by atoms with Crippen LogP contribution in [0.1, 0.15) is 23.7 Å². The Labute approximate surface area is 107 Å². The quantitative estimate of drug-likeness (QED) is 0.725. The highest BCUT2D eigenvalue weighted by molar-refractivity contribution is 5.99. The Bertz CT molecular complexity index is 397. The molecule has 2 rings (SSSR count). The average molecular weight is 250 g/mol. The van der Waals surface area contributed by atoms with E-state index in [1.54, 1.807) is 12.1 Å². The van der Waals surface area contributed by atoms with Crippen LogP contribution < -0.4 is 4.74 Å². The molecule has 0 saturated carbocycles. The molecule has 4 nitrogen and oxygen atoms in total. The molecule has 0 aliphatic carbocycles. The van der Waals surface area contributed by atoms with Gasteiger partial charge in [-0.2, -0.15) is 0 Å². The third-order valence-corrected chi connectivity index (χ3v) is 2.83. The van der Waals surface area contributed by atoms with E-state index in [0.717, 1.165) is 6.42 Å². The summed E-state index contributed by atoms with van der Waals surface area (Å²) in [7, 11) is 0. The zero-order chi connectivity index (χ0) is 12.8. The number of ether oxygens (including phenoxy) is 3. The van der Waals surface area contributed by atoms with E-state index >= 15 is 0 Å². The Kier molecular flexibility index (Phi) is 4.73. The number of Topliss-reactive ketones (excluding diaryl/α,β-unsaturated/α-hetero) is 1. The molecule has 0 aromatic heterocycles. The highest BCUT2D eigenvalue weighted by Gasteiger charge is 2.19. The molecular formula is C14H18O4. The molecule has 4 heteroatoms. The average Bonchev–Trinajstić information content (AvgIpc) is 2.90. The van der Waals surface area contributed by atoms with E-state index in [1.165, 1.54) is 0 Å². The minimum Gasteiger partial charge on any atom is -0.493 e. The number of carbonyl (C=O) groups is 1. The van der Waals surface area contributed by atoms with Gasteiger partial charge in [0.2, 0.25) is 0 Å². The van der Waals surface area contributed by atoms with Gasteiger partial charge in [0, 0.05) is 6.61 Å². The second-order valence-electron chi connectivity index (χ2n) is 4.15. The SMILES string of the molecule is CCOc1ccccc1C(=O)COC1CCOC1. The maximum absolute atomic E-state index is 12.1. The smallest absolute Gasteiger partial charge is 0.192 e. The highest BCUT2D eigenvalue weighted by atomic mass is 16.5. The topological polar surface area (TPSA) is 44.8 Å². The Morgan fingerprint density at radius 1 is 1.44 bits per heavy atom. The fourth-order valence-corrected chi connectivity index (χ4v) is 1.89.